The molecule has 4 heteroatoms. The molecule has 0 amide bonds. The highest BCUT2D eigenvalue weighted by Crippen LogP contribution is 2.16. The summed E-state index contributed by atoms with van der Waals surface area (Å²) in [6.45, 7) is 3.38. The van der Waals surface area contributed by atoms with Crippen LogP contribution < -0.4 is 10.5 Å². The lowest BCUT2D eigenvalue weighted by molar-refractivity contribution is 0.399. The lowest BCUT2D eigenvalue weighted by Gasteiger charge is -2.01. The van der Waals surface area contributed by atoms with Crippen molar-refractivity contribution in [2.75, 3.05) is 12.8 Å². The monoisotopic (exact) mass is 201 g/mol. The fourth-order valence-electron chi connectivity index (χ4n) is 0.664. The number of nitrogen functional groups attached to an aromatic ring is 1. The van der Waals surface area contributed by atoms with Crippen LogP contribution in [0, 0.1) is 0 Å². The number of halogens is 1. The zero-order valence-corrected chi connectivity index (χ0v) is 8.08. The second-order valence-electron chi connectivity index (χ2n) is 2.03. The lowest BCUT2D eigenvalue weighted by atomic mass is 10.3. The molecule has 0 aliphatic rings. The summed E-state index contributed by atoms with van der Waals surface area (Å²) in [6.07, 6.45) is 0. The van der Waals surface area contributed by atoms with Crippen LogP contribution in [0.25, 0.3) is 0 Å². The fourth-order valence-corrected chi connectivity index (χ4v) is 0.753. The van der Waals surface area contributed by atoms with Crippen LogP contribution in [-0.4, -0.2) is 12.2 Å². The molecule has 0 atom stereocenters. The van der Waals surface area contributed by atoms with E-state index in [0.29, 0.717) is 11.4 Å². The molecule has 1 rings (SSSR count). The summed E-state index contributed by atoms with van der Waals surface area (Å²) < 4.78 is 4.98. The van der Waals surface area contributed by atoms with Crippen LogP contribution in [0.15, 0.2) is 36.1 Å². The number of anilines is 1. The van der Waals surface area contributed by atoms with Gasteiger partial charge >= 0.3 is 0 Å². The second-order valence-corrected chi connectivity index (χ2v) is 2.45. The summed E-state index contributed by atoms with van der Waals surface area (Å²) in [5.41, 5.74) is 6.14. The third-order valence-corrected chi connectivity index (χ3v) is 1.19. The predicted octanol–water partition coefficient (Wildman–Crippen LogP) is 1.97. The maximum absolute atomic E-state index is 7.00. The molecule has 0 spiro atoms. The van der Waals surface area contributed by atoms with Crippen LogP contribution in [0.3, 0.4) is 0 Å². The Morgan fingerprint density at radius 2 is 1.85 bits per heavy atom. The molecular weight excluding hydrogens is 190 g/mol. The van der Waals surface area contributed by atoms with Crippen LogP contribution in [0.5, 0.6) is 5.75 Å². The number of aliphatic hydroxyl groups excluding tert-OH is 1. The Hall–Kier alpha value is -1.19. The molecule has 1 aromatic carbocycles. The van der Waals surface area contributed by atoms with Crippen LogP contribution in [0.1, 0.15) is 0 Å². The van der Waals surface area contributed by atoms with Gasteiger partial charge in [-0.3, -0.25) is 0 Å². The second kappa shape index (κ2) is 6.34. The van der Waals surface area contributed by atoms with Crippen molar-refractivity contribution in [1.29, 1.82) is 0 Å². The Morgan fingerprint density at radius 1 is 1.38 bits per heavy atom. The molecule has 0 aromatic heterocycles. The third kappa shape index (κ3) is 5.11. The first-order valence-corrected chi connectivity index (χ1v) is 3.89. The van der Waals surface area contributed by atoms with E-state index in [2.05, 4.69) is 6.58 Å². The number of rotatable bonds is 2. The van der Waals surface area contributed by atoms with Gasteiger partial charge in [0.15, 0.2) is 5.22 Å². The fraction of sp³-hybridized carbons (Fsp3) is 0.111. The van der Waals surface area contributed by atoms with Crippen molar-refractivity contribution in [1.82, 2.24) is 0 Å². The quantitative estimate of drug-likeness (QED) is 0.568. The Morgan fingerprint density at radius 3 is 2.23 bits per heavy atom. The largest absolute Gasteiger partial charge is 0.446 e. The van der Waals surface area contributed by atoms with E-state index in [0.717, 1.165) is 7.11 Å². The zero-order chi connectivity index (χ0) is 10.3. The molecule has 0 aliphatic heterocycles. The summed E-state index contributed by atoms with van der Waals surface area (Å²) in [5, 5.41) is 7.15. The molecule has 1 aromatic rings. The number of aliphatic hydroxyl groups is 1. The highest BCUT2D eigenvalue weighted by molar-refractivity contribution is 6.28. The zero-order valence-electron chi connectivity index (χ0n) is 7.33. The molecule has 0 heterocycles. The van der Waals surface area contributed by atoms with E-state index >= 15 is 0 Å². The molecule has 0 bridgehead atoms. The van der Waals surface area contributed by atoms with Crippen molar-refractivity contribution in [3.05, 3.63) is 36.1 Å². The standard InChI is InChI=1S/C8H8ClNO.CH4O/c1-6(9)11-8-4-2-7(10)3-5-8;1-2/h2-5H,1,10H2;2H,1H3. The Labute approximate surface area is 82.4 Å². The molecule has 0 radical (unpaired) electrons. The number of nitrogens with two attached hydrogens (primary N) is 1. The van der Waals surface area contributed by atoms with E-state index in [4.69, 9.17) is 27.2 Å². The van der Waals surface area contributed by atoms with Gasteiger partial charge in [-0.2, -0.15) is 0 Å². The Balaban J connectivity index is 0.000000671. The molecule has 0 saturated carbocycles. The van der Waals surface area contributed by atoms with Crippen LogP contribution in [0.4, 0.5) is 5.69 Å². The van der Waals surface area contributed by atoms with E-state index in [1.54, 1.807) is 24.3 Å². The summed E-state index contributed by atoms with van der Waals surface area (Å²) in [7, 11) is 1.00. The summed E-state index contributed by atoms with van der Waals surface area (Å²) >= 11 is 5.40. The van der Waals surface area contributed by atoms with Gasteiger partial charge in [0.25, 0.3) is 0 Å². The van der Waals surface area contributed by atoms with E-state index in [1.807, 2.05) is 0 Å². The minimum atomic E-state index is 0.148. The molecular formula is C9H12ClNO2. The van der Waals surface area contributed by atoms with Crippen molar-refractivity contribution >= 4 is 17.3 Å². The number of ether oxygens (including phenoxy) is 1. The molecule has 13 heavy (non-hydrogen) atoms. The third-order valence-electron chi connectivity index (χ3n) is 1.11. The maximum atomic E-state index is 7.00. The maximum Gasteiger partial charge on any atom is 0.186 e. The van der Waals surface area contributed by atoms with Gasteiger partial charge in [-0.15, -0.1) is 0 Å². The first-order valence-electron chi connectivity index (χ1n) is 3.51. The molecule has 0 unspecified atom stereocenters. The van der Waals surface area contributed by atoms with Crippen LogP contribution >= 0.6 is 11.6 Å². The van der Waals surface area contributed by atoms with E-state index < -0.39 is 0 Å². The van der Waals surface area contributed by atoms with Gasteiger partial charge in [-0.05, 0) is 42.4 Å². The molecule has 0 saturated heterocycles. The Kier molecular flexibility index (Phi) is 5.76. The van der Waals surface area contributed by atoms with Crippen molar-refractivity contribution in [2.45, 2.75) is 0 Å². The van der Waals surface area contributed by atoms with Gasteiger partial charge in [0, 0.05) is 12.8 Å². The van der Waals surface area contributed by atoms with Gasteiger partial charge in [0.05, 0.1) is 0 Å². The highest BCUT2D eigenvalue weighted by atomic mass is 35.5. The topological polar surface area (TPSA) is 55.5 Å². The highest BCUT2D eigenvalue weighted by Gasteiger charge is 1.92. The minimum absolute atomic E-state index is 0.148. The normalized spacial score (nSPS) is 8.23. The number of hydrogen-bond donors (Lipinski definition) is 2. The van der Waals surface area contributed by atoms with Crippen molar-refractivity contribution in [3.63, 3.8) is 0 Å². The minimum Gasteiger partial charge on any atom is -0.446 e. The summed E-state index contributed by atoms with van der Waals surface area (Å²) in [6, 6.07) is 6.91. The molecule has 0 fully saturated rings. The van der Waals surface area contributed by atoms with Crippen molar-refractivity contribution in [2.24, 2.45) is 0 Å². The van der Waals surface area contributed by atoms with Crippen molar-refractivity contribution < 1.29 is 9.84 Å². The van der Waals surface area contributed by atoms with Gasteiger partial charge < -0.3 is 15.6 Å². The van der Waals surface area contributed by atoms with E-state index in [-0.39, 0.29) is 5.22 Å². The number of benzene rings is 1. The first-order chi connectivity index (χ1) is 6.18. The summed E-state index contributed by atoms with van der Waals surface area (Å²) in [4.78, 5) is 0. The Bertz CT molecular complexity index is 259. The van der Waals surface area contributed by atoms with E-state index in [9.17, 15) is 0 Å². The SMILES string of the molecule is C=C(Cl)Oc1ccc(N)cc1.CO. The molecule has 3 N–H and O–H groups in total. The number of hydrogen-bond acceptors (Lipinski definition) is 3. The lowest BCUT2D eigenvalue weighted by Crippen LogP contribution is -1.87. The average Bonchev–Trinajstić information content (AvgIpc) is 2.12. The van der Waals surface area contributed by atoms with Gasteiger partial charge in [-0.1, -0.05) is 0 Å². The van der Waals surface area contributed by atoms with Crippen LogP contribution in [0.2, 0.25) is 0 Å². The van der Waals surface area contributed by atoms with Gasteiger partial charge in [-0.25, -0.2) is 0 Å². The molecule has 72 valence electrons. The van der Waals surface area contributed by atoms with Crippen LogP contribution in [-0.2, 0) is 0 Å². The van der Waals surface area contributed by atoms with Crippen molar-refractivity contribution in [3.8, 4) is 5.75 Å². The average molecular weight is 202 g/mol. The smallest absolute Gasteiger partial charge is 0.186 e. The molecule has 3 nitrogen and oxygen atoms in total. The predicted molar refractivity (Wildman–Crippen MR) is 54.6 cm³/mol. The molecule has 0 aliphatic carbocycles. The first kappa shape index (κ1) is 11.8. The van der Waals surface area contributed by atoms with Gasteiger partial charge in [0.2, 0.25) is 0 Å². The summed E-state index contributed by atoms with van der Waals surface area (Å²) in [5.74, 6) is 0.638. The van der Waals surface area contributed by atoms with Gasteiger partial charge in [0.1, 0.15) is 5.75 Å². The van der Waals surface area contributed by atoms with E-state index in [1.165, 1.54) is 0 Å².